The first-order chi connectivity index (χ1) is 24.4. The van der Waals surface area contributed by atoms with Gasteiger partial charge in [-0.1, -0.05) is 35.4 Å². The molecule has 0 bridgehead atoms. The summed E-state index contributed by atoms with van der Waals surface area (Å²) in [5, 5.41) is 47.1. The van der Waals surface area contributed by atoms with E-state index in [2.05, 4.69) is 21.3 Å². The minimum Gasteiger partial charge on any atom is -0.480 e. The molecule has 8 atom stereocenters. The molecule has 0 heterocycles. The Bertz CT molecular complexity index is 1120. The molecule has 0 radical (unpaired) electrons. The zero-order valence-electron chi connectivity index (χ0n) is 29.5. The van der Waals surface area contributed by atoms with E-state index in [1.54, 1.807) is 0 Å². The van der Waals surface area contributed by atoms with Crippen LogP contribution in [0.5, 0.6) is 0 Å². The molecule has 22 heteroatoms. The molecule has 0 spiro atoms. The van der Waals surface area contributed by atoms with E-state index in [4.69, 9.17) is 31.2 Å². The van der Waals surface area contributed by atoms with Crippen LogP contribution in [0.1, 0.15) is 52.4 Å². The summed E-state index contributed by atoms with van der Waals surface area (Å²) in [6.07, 6.45) is -0.261. The Morgan fingerprint density at radius 1 is 0.577 bits per heavy atom. The Balaban J connectivity index is 5.90. The predicted molar refractivity (Wildman–Crippen MR) is 189 cm³/mol. The summed E-state index contributed by atoms with van der Waals surface area (Å²) in [6.45, 7) is 3.07. The molecule has 0 aliphatic rings. The molecule has 0 aliphatic carbocycles. The Kier molecular flexibility index (Phi) is 24.3. The standard InChI is InChI=1S/C30H52N6O14S2/c1-15(11-49-3)23(29(45)46)35-25(39)19(33-21(37)9-5-7-17(31)27(41)42)13-51-52-14-20(34-22(38)10-6-8-18(32)28(43)44)26(40)36-24(30(47)48)16(2)12-50-4/h15-20,23-24H,5-14,31-32H2,1-4H3,(H,33,37)(H,34,38)(H,35,39)(H,36,40)(H,41,42)(H,43,44)(H,45,46)(H,47,48)/t15?,16?,17-,18-,19-,20-,23+,24+/m0/s1. The van der Waals surface area contributed by atoms with E-state index in [-0.39, 0.29) is 63.2 Å². The Morgan fingerprint density at radius 3 is 1.17 bits per heavy atom. The molecule has 0 aliphatic heterocycles. The van der Waals surface area contributed by atoms with E-state index < -0.39 is 95.6 Å². The van der Waals surface area contributed by atoms with Crippen molar-refractivity contribution in [1.82, 2.24) is 21.3 Å². The van der Waals surface area contributed by atoms with Crippen LogP contribution in [0.4, 0.5) is 0 Å². The maximum Gasteiger partial charge on any atom is 0.326 e. The van der Waals surface area contributed by atoms with Gasteiger partial charge in [-0.05, 0) is 25.7 Å². The van der Waals surface area contributed by atoms with Crippen LogP contribution in [0, 0.1) is 11.8 Å². The summed E-state index contributed by atoms with van der Waals surface area (Å²) >= 11 is 0. The van der Waals surface area contributed by atoms with E-state index in [1.165, 1.54) is 28.1 Å². The lowest BCUT2D eigenvalue weighted by Gasteiger charge is -2.25. The molecule has 0 aromatic rings. The number of methoxy groups -OCH3 is 2. The van der Waals surface area contributed by atoms with Gasteiger partial charge in [0.2, 0.25) is 23.6 Å². The van der Waals surface area contributed by atoms with Crippen LogP contribution in [0.25, 0.3) is 0 Å². The Labute approximate surface area is 309 Å². The maximum atomic E-state index is 13.3. The molecule has 0 fully saturated rings. The number of carboxylic acid groups (broad SMARTS) is 4. The van der Waals surface area contributed by atoms with Crippen molar-refractivity contribution in [2.24, 2.45) is 23.3 Å². The molecule has 4 amide bonds. The number of rotatable bonds is 29. The van der Waals surface area contributed by atoms with Crippen molar-refractivity contribution in [3.8, 4) is 0 Å². The number of ether oxygens (including phenoxy) is 2. The van der Waals surface area contributed by atoms with Crippen LogP contribution < -0.4 is 32.7 Å². The van der Waals surface area contributed by atoms with Crippen LogP contribution in [0.3, 0.4) is 0 Å². The average Bonchev–Trinajstić information content (AvgIpc) is 3.06. The van der Waals surface area contributed by atoms with Crippen LogP contribution in [-0.4, -0.2) is 143 Å². The first kappa shape index (κ1) is 48.3. The molecule has 0 saturated heterocycles. The van der Waals surface area contributed by atoms with Gasteiger partial charge >= 0.3 is 23.9 Å². The summed E-state index contributed by atoms with van der Waals surface area (Å²) < 4.78 is 10.00. The second-order valence-electron chi connectivity index (χ2n) is 12.0. The van der Waals surface area contributed by atoms with Gasteiger partial charge in [-0.2, -0.15) is 0 Å². The highest BCUT2D eigenvalue weighted by Crippen LogP contribution is 2.24. The minimum atomic E-state index is -1.38. The lowest BCUT2D eigenvalue weighted by molar-refractivity contribution is -0.144. The van der Waals surface area contributed by atoms with Crippen molar-refractivity contribution in [2.45, 2.75) is 88.6 Å². The van der Waals surface area contributed by atoms with Gasteiger partial charge < -0.3 is 62.6 Å². The molecule has 0 aromatic heterocycles. The third-order valence-electron chi connectivity index (χ3n) is 7.45. The number of aliphatic carboxylic acids is 4. The van der Waals surface area contributed by atoms with Gasteiger partial charge in [0.1, 0.15) is 36.3 Å². The number of hydrogen-bond donors (Lipinski definition) is 10. The third-order valence-corrected chi connectivity index (χ3v) is 9.88. The Morgan fingerprint density at radius 2 is 0.904 bits per heavy atom. The predicted octanol–water partition coefficient (Wildman–Crippen LogP) is -1.79. The molecule has 0 rings (SSSR count). The maximum absolute atomic E-state index is 13.3. The molecule has 2 unspecified atom stereocenters. The molecule has 12 N–H and O–H groups in total. The van der Waals surface area contributed by atoms with Crippen molar-refractivity contribution in [2.75, 3.05) is 38.9 Å². The number of hydrogen-bond acceptors (Lipinski definition) is 14. The van der Waals surface area contributed by atoms with Gasteiger partial charge in [-0.15, -0.1) is 0 Å². The van der Waals surface area contributed by atoms with Gasteiger partial charge in [0.25, 0.3) is 0 Å². The zero-order chi connectivity index (χ0) is 40.0. The zero-order valence-corrected chi connectivity index (χ0v) is 31.2. The van der Waals surface area contributed by atoms with Crippen molar-refractivity contribution in [3.05, 3.63) is 0 Å². The van der Waals surface area contributed by atoms with Crippen molar-refractivity contribution >= 4 is 69.1 Å². The smallest absolute Gasteiger partial charge is 0.326 e. The number of carbonyl (C=O) groups excluding carboxylic acids is 4. The highest BCUT2D eigenvalue weighted by atomic mass is 33.1. The third kappa shape index (κ3) is 19.8. The topological polar surface area (TPSA) is 336 Å². The fourth-order valence-corrected chi connectivity index (χ4v) is 6.79. The summed E-state index contributed by atoms with van der Waals surface area (Å²) in [7, 11) is 4.67. The summed E-state index contributed by atoms with van der Waals surface area (Å²) in [6, 6.07) is -7.76. The van der Waals surface area contributed by atoms with Crippen LogP contribution in [-0.2, 0) is 47.8 Å². The number of carboxylic acids is 4. The minimum absolute atomic E-state index is 0.00275. The molecule has 20 nitrogen and oxygen atoms in total. The van der Waals surface area contributed by atoms with Gasteiger partial charge in [0, 0.05) is 50.4 Å². The summed E-state index contributed by atoms with van der Waals surface area (Å²) in [5.41, 5.74) is 11.0. The highest BCUT2D eigenvalue weighted by Gasteiger charge is 2.32. The van der Waals surface area contributed by atoms with Crippen LogP contribution in [0.2, 0.25) is 0 Å². The average molecular weight is 785 g/mol. The first-order valence-electron chi connectivity index (χ1n) is 16.2. The van der Waals surface area contributed by atoms with E-state index in [0.29, 0.717) is 0 Å². The first-order valence-corrected chi connectivity index (χ1v) is 18.7. The van der Waals surface area contributed by atoms with E-state index in [1.807, 2.05) is 0 Å². The van der Waals surface area contributed by atoms with Crippen molar-refractivity contribution in [3.63, 3.8) is 0 Å². The lowest BCUT2D eigenvalue weighted by atomic mass is 10.0. The fraction of sp³-hybridized carbons (Fsp3) is 0.733. The monoisotopic (exact) mass is 784 g/mol. The van der Waals surface area contributed by atoms with Crippen molar-refractivity contribution in [1.29, 1.82) is 0 Å². The molecule has 52 heavy (non-hydrogen) atoms. The number of amides is 4. The molecular weight excluding hydrogens is 732 g/mol. The van der Waals surface area contributed by atoms with Gasteiger partial charge in [0.05, 0.1) is 13.2 Å². The van der Waals surface area contributed by atoms with Gasteiger partial charge in [-0.3, -0.25) is 28.8 Å². The second-order valence-corrected chi connectivity index (χ2v) is 14.5. The Hall–Kier alpha value is -3.70. The van der Waals surface area contributed by atoms with Gasteiger partial charge in [-0.25, -0.2) is 9.59 Å². The molecule has 0 saturated carbocycles. The quantitative estimate of drug-likeness (QED) is 0.0296. The van der Waals surface area contributed by atoms with E-state index in [0.717, 1.165) is 21.6 Å². The van der Waals surface area contributed by atoms with Crippen LogP contribution >= 0.6 is 21.6 Å². The van der Waals surface area contributed by atoms with E-state index >= 15 is 0 Å². The second kappa shape index (κ2) is 26.1. The number of carbonyl (C=O) groups is 8. The van der Waals surface area contributed by atoms with E-state index in [9.17, 15) is 48.6 Å². The molecule has 0 aromatic carbocycles. The van der Waals surface area contributed by atoms with Crippen molar-refractivity contribution < 1.29 is 68.3 Å². The highest BCUT2D eigenvalue weighted by molar-refractivity contribution is 8.76. The van der Waals surface area contributed by atoms with Gasteiger partial charge in [0.15, 0.2) is 0 Å². The lowest BCUT2D eigenvalue weighted by Crippen LogP contribution is -2.55. The van der Waals surface area contributed by atoms with Crippen LogP contribution in [0.15, 0.2) is 0 Å². The normalized spacial score (nSPS) is 15.7. The number of nitrogens with two attached hydrogens (primary N) is 2. The fourth-order valence-electron chi connectivity index (χ4n) is 4.46. The SMILES string of the molecule is COCC(C)[C@@H](NC(=O)[C@H](CSSC[C@H](NC(=O)CCC[C@H](N)C(=O)O)C(=O)N[C@@H](C(=O)O)C(C)COC)NC(=O)CCC[C@H](N)C(=O)O)C(=O)O. The summed E-state index contributed by atoms with van der Waals surface area (Å²) in [5.74, 6) is -9.82. The summed E-state index contributed by atoms with van der Waals surface area (Å²) in [4.78, 5) is 97.7. The number of nitrogens with one attached hydrogen (secondary N) is 4. The molecule has 298 valence electrons. The largest absolute Gasteiger partial charge is 0.480 e. The molecular formula is C30H52N6O14S2.